The Morgan fingerprint density at radius 3 is 2.22 bits per heavy atom. The molecule has 0 fully saturated rings. The molecule has 4 heteroatoms. The highest BCUT2D eigenvalue weighted by Crippen LogP contribution is 2.32. The number of benzene rings is 1. The Balaban J connectivity index is 0.000000217. The minimum atomic E-state index is -0.750. The second kappa shape index (κ2) is 5.78. The molecule has 0 heterocycles. The minimum Gasteiger partial charge on any atom is -0.460 e. The van der Waals surface area contributed by atoms with E-state index in [1.54, 1.807) is 20.8 Å². The van der Waals surface area contributed by atoms with Gasteiger partial charge in [-0.1, -0.05) is 18.2 Å². The molecule has 1 atom stereocenters. The van der Waals surface area contributed by atoms with Gasteiger partial charge in [0.1, 0.15) is 11.9 Å². The third-order valence-electron chi connectivity index (χ3n) is 2.11. The quantitative estimate of drug-likeness (QED) is 0.666. The van der Waals surface area contributed by atoms with E-state index in [-0.39, 0.29) is 6.42 Å². The van der Waals surface area contributed by atoms with Gasteiger partial charge in [-0.2, -0.15) is 0 Å². The van der Waals surface area contributed by atoms with Crippen molar-refractivity contribution in [2.45, 2.75) is 38.8 Å². The van der Waals surface area contributed by atoms with Gasteiger partial charge in [-0.15, -0.1) is 0 Å². The smallest absolute Gasteiger partial charge is 0.308 e. The monoisotopic (exact) mass is 249 g/mol. The molecular formula is C14H19NO3. The van der Waals surface area contributed by atoms with Crippen LogP contribution in [-0.2, 0) is 14.3 Å². The zero-order valence-corrected chi connectivity index (χ0v) is 11.0. The van der Waals surface area contributed by atoms with Crippen LogP contribution in [0.4, 0.5) is 0 Å². The first-order valence-electron chi connectivity index (χ1n) is 5.85. The van der Waals surface area contributed by atoms with Crippen LogP contribution in [-0.4, -0.2) is 23.9 Å². The first-order valence-corrected chi connectivity index (χ1v) is 5.85. The van der Waals surface area contributed by atoms with Crippen molar-refractivity contribution >= 4 is 12.3 Å². The van der Waals surface area contributed by atoms with Crippen molar-refractivity contribution in [1.29, 1.82) is 0 Å². The maximum atomic E-state index is 11.0. The average Bonchev–Trinajstić information content (AvgIpc) is 2.84. The first-order chi connectivity index (χ1) is 8.31. The van der Waals surface area contributed by atoms with Crippen molar-refractivity contribution in [3.8, 4) is 11.1 Å². The summed E-state index contributed by atoms with van der Waals surface area (Å²) in [6, 6.07) is 7.73. The zero-order chi connectivity index (χ0) is 13.8. The molecule has 0 radical (unpaired) electrons. The number of nitrogens with two attached hydrogens (primary N) is 1. The summed E-state index contributed by atoms with van der Waals surface area (Å²) >= 11 is 0. The highest BCUT2D eigenvalue weighted by atomic mass is 16.6. The molecule has 0 amide bonds. The Morgan fingerprint density at radius 2 is 1.94 bits per heavy atom. The van der Waals surface area contributed by atoms with E-state index in [0.717, 1.165) is 0 Å². The molecule has 4 nitrogen and oxygen atoms in total. The number of hydrogen-bond acceptors (Lipinski definition) is 4. The second-order valence-electron chi connectivity index (χ2n) is 5.17. The Labute approximate surface area is 107 Å². The maximum Gasteiger partial charge on any atom is 0.308 e. The summed E-state index contributed by atoms with van der Waals surface area (Å²) in [5.74, 6) is -0.442. The molecule has 0 spiro atoms. The zero-order valence-electron chi connectivity index (χ0n) is 11.0. The van der Waals surface area contributed by atoms with Crippen LogP contribution in [0.1, 0.15) is 27.2 Å². The Bertz CT molecular complexity index is 418. The lowest BCUT2D eigenvalue weighted by Gasteiger charge is -2.19. The molecule has 0 saturated heterocycles. The van der Waals surface area contributed by atoms with Crippen LogP contribution in [0, 0.1) is 0 Å². The topological polar surface area (TPSA) is 69.4 Å². The number of carbonyl (C=O) groups excluding carboxylic acids is 2. The highest BCUT2D eigenvalue weighted by molar-refractivity contribution is 5.80. The van der Waals surface area contributed by atoms with Gasteiger partial charge >= 0.3 is 5.97 Å². The largest absolute Gasteiger partial charge is 0.460 e. The van der Waals surface area contributed by atoms with Crippen molar-refractivity contribution < 1.29 is 14.3 Å². The molecule has 0 saturated carbocycles. The number of esters is 1. The predicted octanol–water partition coefficient (Wildman–Crippen LogP) is 1.91. The van der Waals surface area contributed by atoms with Crippen molar-refractivity contribution in [3.63, 3.8) is 0 Å². The van der Waals surface area contributed by atoms with Gasteiger partial charge in [0.2, 0.25) is 0 Å². The van der Waals surface area contributed by atoms with Gasteiger partial charge in [-0.05, 0) is 38.0 Å². The molecule has 2 rings (SSSR count). The summed E-state index contributed by atoms with van der Waals surface area (Å²) in [7, 11) is 0. The normalized spacial score (nSPS) is 12.9. The van der Waals surface area contributed by atoms with E-state index in [2.05, 4.69) is 24.3 Å². The van der Waals surface area contributed by atoms with Crippen LogP contribution in [0.15, 0.2) is 24.3 Å². The minimum absolute atomic E-state index is 0.0548. The van der Waals surface area contributed by atoms with Gasteiger partial charge in [0, 0.05) is 0 Å². The van der Waals surface area contributed by atoms with E-state index in [1.807, 2.05) is 0 Å². The number of fused-ring (bicyclic) bond motifs is 1. The van der Waals surface area contributed by atoms with Crippen LogP contribution < -0.4 is 5.73 Å². The van der Waals surface area contributed by atoms with Crippen LogP contribution in [0.5, 0.6) is 0 Å². The average molecular weight is 249 g/mol. The highest BCUT2D eigenvalue weighted by Gasteiger charge is 2.17. The lowest BCUT2D eigenvalue weighted by molar-refractivity contribution is -0.155. The molecular weight excluding hydrogens is 230 g/mol. The predicted molar refractivity (Wildman–Crippen MR) is 69.9 cm³/mol. The summed E-state index contributed by atoms with van der Waals surface area (Å²) < 4.78 is 4.93. The third kappa shape index (κ3) is 5.59. The standard InChI is InChI=1S/C8H15NO3.C6H4/c1-8(2,3)12-7(11)4-6(9)5-10;1-2-5-4-6(5)3-1/h5-6H,4,9H2,1-3H3;1-4H. The molecule has 98 valence electrons. The van der Waals surface area contributed by atoms with Crippen LogP contribution in [0.25, 0.3) is 11.1 Å². The maximum absolute atomic E-state index is 11.0. The second-order valence-corrected chi connectivity index (χ2v) is 5.17. The van der Waals surface area contributed by atoms with Crippen molar-refractivity contribution in [3.05, 3.63) is 24.3 Å². The molecule has 0 aromatic carbocycles. The van der Waals surface area contributed by atoms with Crippen LogP contribution in [0.2, 0.25) is 0 Å². The van der Waals surface area contributed by atoms with Gasteiger partial charge in [0.15, 0.2) is 0 Å². The molecule has 2 aliphatic rings. The Morgan fingerprint density at radius 1 is 1.39 bits per heavy atom. The lowest BCUT2D eigenvalue weighted by Crippen LogP contribution is -2.30. The number of ether oxygens (including phenoxy) is 1. The number of carbonyl (C=O) groups is 2. The van der Waals surface area contributed by atoms with E-state index in [4.69, 9.17) is 10.5 Å². The fraction of sp³-hybridized carbons (Fsp3) is 0.429. The van der Waals surface area contributed by atoms with Gasteiger partial charge < -0.3 is 15.3 Å². The van der Waals surface area contributed by atoms with Crippen molar-refractivity contribution in [2.75, 3.05) is 0 Å². The number of aldehydes is 1. The summed E-state index contributed by atoms with van der Waals surface area (Å²) in [5, 5.41) is 0. The molecule has 2 aliphatic carbocycles. The van der Waals surface area contributed by atoms with Crippen molar-refractivity contribution in [1.82, 2.24) is 0 Å². The first kappa shape index (κ1) is 14.4. The fourth-order valence-corrected chi connectivity index (χ4v) is 1.30. The summed E-state index contributed by atoms with van der Waals surface area (Å²) in [6.45, 7) is 5.28. The van der Waals surface area contributed by atoms with Gasteiger partial charge in [0.25, 0.3) is 0 Å². The molecule has 18 heavy (non-hydrogen) atoms. The molecule has 1 unspecified atom stereocenters. The molecule has 0 bridgehead atoms. The van der Waals surface area contributed by atoms with E-state index in [1.165, 1.54) is 11.1 Å². The molecule has 0 aromatic heterocycles. The summed E-state index contributed by atoms with van der Waals surface area (Å²) in [5.41, 5.74) is 7.56. The summed E-state index contributed by atoms with van der Waals surface area (Å²) in [6.07, 6.45) is 0.477. The van der Waals surface area contributed by atoms with E-state index >= 15 is 0 Å². The third-order valence-corrected chi connectivity index (χ3v) is 2.11. The molecule has 0 aromatic rings. The Hall–Kier alpha value is -1.68. The lowest BCUT2D eigenvalue weighted by atomic mass is 10.2. The van der Waals surface area contributed by atoms with E-state index in [0.29, 0.717) is 6.29 Å². The molecule has 2 N–H and O–H groups in total. The van der Waals surface area contributed by atoms with Crippen LogP contribution >= 0.6 is 0 Å². The number of rotatable bonds is 3. The van der Waals surface area contributed by atoms with Gasteiger partial charge in [-0.3, -0.25) is 4.79 Å². The fourth-order valence-electron chi connectivity index (χ4n) is 1.30. The molecule has 0 aliphatic heterocycles. The van der Waals surface area contributed by atoms with E-state index < -0.39 is 17.6 Å². The van der Waals surface area contributed by atoms with Crippen molar-refractivity contribution in [2.24, 2.45) is 5.73 Å². The van der Waals surface area contributed by atoms with Crippen LogP contribution in [0.3, 0.4) is 0 Å². The SMILES string of the molecule is CC(C)(C)OC(=O)CC(N)C=O.c1cc2cc-2c1. The Kier molecular flexibility index (Phi) is 4.62. The van der Waals surface area contributed by atoms with E-state index in [9.17, 15) is 9.59 Å². The number of hydrogen-bond donors (Lipinski definition) is 1. The van der Waals surface area contributed by atoms with Gasteiger partial charge in [0.05, 0.1) is 12.5 Å². The summed E-state index contributed by atoms with van der Waals surface area (Å²) in [4.78, 5) is 21.0. The van der Waals surface area contributed by atoms with Gasteiger partial charge in [-0.25, -0.2) is 0 Å².